The number of rotatable bonds is 6. The summed E-state index contributed by atoms with van der Waals surface area (Å²) in [6, 6.07) is 7.95. The van der Waals surface area contributed by atoms with Gasteiger partial charge in [-0.05, 0) is 53.2 Å². The first-order valence-electron chi connectivity index (χ1n) is 5.80. The first kappa shape index (κ1) is 12.5. The smallest absolute Gasteiger partial charge is 0.169 e. The number of furan rings is 2. The van der Waals surface area contributed by atoms with E-state index in [1.807, 2.05) is 24.3 Å². The molecule has 0 amide bonds. The minimum Gasteiger partial charge on any atom is -0.469 e. The van der Waals surface area contributed by atoms with Crippen LogP contribution in [-0.4, -0.2) is 6.54 Å². The fourth-order valence-corrected chi connectivity index (χ4v) is 2.06. The maximum absolute atomic E-state index is 5.60. The van der Waals surface area contributed by atoms with Gasteiger partial charge < -0.3 is 14.2 Å². The molecule has 1 unspecified atom stereocenters. The molecule has 2 heterocycles. The van der Waals surface area contributed by atoms with Crippen LogP contribution in [-0.2, 0) is 6.42 Å². The first-order valence-corrected chi connectivity index (χ1v) is 6.60. The van der Waals surface area contributed by atoms with E-state index in [4.69, 9.17) is 8.83 Å². The lowest BCUT2D eigenvalue weighted by atomic mass is 10.1. The maximum Gasteiger partial charge on any atom is 0.169 e. The van der Waals surface area contributed by atoms with Gasteiger partial charge in [-0.25, -0.2) is 0 Å². The maximum atomic E-state index is 5.60. The minimum absolute atomic E-state index is 0.160. The van der Waals surface area contributed by atoms with Crippen molar-refractivity contribution in [2.75, 3.05) is 6.54 Å². The molecule has 0 saturated carbocycles. The molecule has 2 aromatic rings. The molecule has 92 valence electrons. The summed E-state index contributed by atoms with van der Waals surface area (Å²) in [4.78, 5) is 0. The Kier molecular flexibility index (Phi) is 4.45. The quantitative estimate of drug-likeness (QED) is 0.878. The van der Waals surface area contributed by atoms with Crippen molar-refractivity contribution in [3.63, 3.8) is 0 Å². The standard InChI is InChI=1S/C13H16BrNO2/c1-2-7-15-11(9-10-4-3-8-16-10)12-5-6-13(14)17-12/h3-6,8,11,15H,2,7,9H2,1H3. The van der Waals surface area contributed by atoms with Crippen LogP contribution in [0.25, 0.3) is 0 Å². The molecule has 0 saturated heterocycles. The first-order chi connectivity index (χ1) is 8.29. The third-order valence-electron chi connectivity index (χ3n) is 2.56. The lowest BCUT2D eigenvalue weighted by Crippen LogP contribution is -2.23. The highest BCUT2D eigenvalue weighted by atomic mass is 79.9. The van der Waals surface area contributed by atoms with E-state index in [-0.39, 0.29) is 6.04 Å². The molecule has 0 aliphatic carbocycles. The van der Waals surface area contributed by atoms with Gasteiger partial charge in [-0.3, -0.25) is 0 Å². The summed E-state index contributed by atoms with van der Waals surface area (Å²) in [6.45, 7) is 3.11. The predicted octanol–water partition coefficient (Wildman–Crippen LogP) is 3.92. The van der Waals surface area contributed by atoms with Crippen LogP contribution in [0.5, 0.6) is 0 Å². The molecule has 0 aliphatic rings. The number of halogens is 1. The molecular weight excluding hydrogens is 282 g/mol. The van der Waals surface area contributed by atoms with Gasteiger partial charge in [-0.2, -0.15) is 0 Å². The molecule has 0 fully saturated rings. The fraction of sp³-hybridized carbons (Fsp3) is 0.385. The van der Waals surface area contributed by atoms with Gasteiger partial charge in [0, 0.05) is 6.42 Å². The van der Waals surface area contributed by atoms with Crippen LogP contribution in [0.4, 0.5) is 0 Å². The van der Waals surface area contributed by atoms with Gasteiger partial charge in [0.15, 0.2) is 4.67 Å². The van der Waals surface area contributed by atoms with Crippen molar-refractivity contribution in [3.05, 3.63) is 46.7 Å². The summed E-state index contributed by atoms with van der Waals surface area (Å²) in [7, 11) is 0. The van der Waals surface area contributed by atoms with Gasteiger partial charge in [0.1, 0.15) is 11.5 Å². The highest BCUT2D eigenvalue weighted by Gasteiger charge is 2.16. The fourth-order valence-electron chi connectivity index (χ4n) is 1.74. The molecule has 0 aliphatic heterocycles. The average Bonchev–Trinajstić information content (AvgIpc) is 2.95. The Hall–Kier alpha value is -1.000. The van der Waals surface area contributed by atoms with Crippen molar-refractivity contribution < 1.29 is 8.83 Å². The third-order valence-corrected chi connectivity index (χ3v) is 2.99. The van der Waals surface area contributed by atoms with Gasteiger partial charge in [0.25, 0.3) is 0 Å². The van der Waals surface area contributed by atoms with Crippen LogP contribution in [0.15, 0.2) is 44.0 Å². The number of hydrogen-bond acceptors (Lipinski definition) is 3. The second kappa shape index (κ2) is 6.07. The summed E-state index contributed by atoms with van der Waals surface area (Å²) in [5.74, 6) is 1.90. The lowest BCUT2D eigenvalue weighted by Gasteiger charge is -2.14. The van der Waals surface area contributed by atoms with Crippen LogP contribution in [0.3, 0.4) is 0 Å². The van der Waals surface area contributed by atoms with Crippen LogP contribution >= 0.6 is 15.9 Å². The van der Waals surface area contributed by atoms with Crippen molar-refractivity contribution in [1.82, 2.24) is 5.32 Å². The topological polar surface area (TPSA) is 38.3 Å². The Morgan fingerprint density at radius 1 is 1.35 bits per heavy atom. The minimum atomic E-state index is 0.160. The summed E-state index contributed by atoms with van der Waals surface area (Å²) in [6.07, 6.45) is 3.59. The summed E-state index contributed by atoms with van der Waals surface area (Å²) >= 11 is 3.33. The molecule has 3 nitrogen and oxygen atoms in total. The normalized spacial score (nSPS) is 12.8. The predicted molar refractivity (Wildman–Crippen MR) is 69.9 cm³/mol. The highest BCUT2D eigenvalue weighted by Crippen LogP contribution is 2.23. The molecule has 1 atom stereocenters. The van der Waals surface area contributed by atoms with E-state index in [0.717, 1.165) is 35.6 Å². The van der Waals surface area contributed by atoms with Gasteiger partial charge in [-0.1, -0.05) is 6.92 Å². The van der Waals surface area contributed by atoms with E-state index in [2.05, 4.69) is 28.2 Å². The monoisotopic (exact) mass is 297 g/mol. The summed E-state index contributed by atoms with van der Waals surface area (Å²) < 4.78 is 11.7. The zero-order valence-electron chi connectivity index (χ0n) is 9.78. The summed E-state index contributed by atoms with van der Waals surface area (Å²) in [5, 5.41) is 3.46. The van der Waals surface area contributed by atoms with E-state index in [1.54, 1.807) is 6.26 Å². The van der Waals surface area contributed by atoms with E-state index >= 15 is 0 Å². The highest BCUT2D eigenvalue weighted by molar-refractivity contribution is 9.10. The largest absolute Gasteiger partial charge is 0.469 e. The van der Waals surface area contributed by atoms with Gasteiger partial charge >= 0.3 is 0 Å². The Morgan fingerprint density at radius 3 is 2.82 bits per heavy atom. The Morgan fingerprint density at radius 2 is 2.24 bits per heavy atom. The lowest BCUT2D eigenvalue weighted by molar-refractivity contribution is 0.378. The molecule has 17 heavy (non-hydrogen) atoms. The van der Waals surface area contributed by atoms with Crippen molar-refractivity contribution in [2.24, 2.45) is 0 Å². The second-order valence-corrected chi connectivity index (χ2v) is 4.71. The molecule has 1 N–H and O–H groups in total. The molecule has 4 heteroatoms. The van der Waals surface area contributed by atoms with Gasteiger partial charge in [-0.15, -0.1) is 0 Å². The van der Waals surface area contributed by atoms with Crippen molar-refractivity contribution in [2.45, 2.75) is 25.8 Å². The Balaban J connectivity index is 2.07. The van der Waals surface area contributed by atoms with Crippen molar-refractivity contribution in [1.29, 1.82) is 0 Å². The van der Waals surface area contributed by atoms with Crippen molar-refractivity contribution >= 4 is 15.9 Å². The van der Waals surface area contributed by atoms with Crippen LogP contribution in [0, 0.1) is 0 Å². The van der Waals surface area contributed by atoms with Gasteiger partial charge in [0.05, 0.1) is 12.3 Å². The van der Waals surface area contributed by atoms with Crippen LogP contribution < -0.4 is 5.32 Å². The van der Waals surface area contributed by atoms with E-state index in [1.165, 1.54) is 0 Å². The Labute approximate surface area is 109 Å². The molecule has 0 radical (unpaired) electrons. The van der Waals surface area contributed by atoms with E-state index < -0.39 is 0 Å². The molecule has 2 aromatic heterocycles. The SMILES string of the molecule is CCCNC(Cc1ccco1)c1ccc(Br)o1. The third kappa shape index (κ3) is 3.48. The number of hydrogen-bond donors (Lipinski definition) is 1. The van der Waals surface area contributed by atoms with E-state index in [9.17, 15) is 0 Å². The van der Waals surface area contributed by atoms with E-state index in [0.29, 0.717) is 0 Å². The summed E-state index contributed by atoms with van der Waals surface area (Å²) in [5.41, 5.74) is 0. The molecule has 0 bridgehead atoms. The molecule has 0 aromatic carbocycles. The van der Waals surface area contributed by atoms with Crippen molar-refractivity contribution in [3.8, 4) is 0 Å². The molecule has 2 rings (SSSR count). The van der Waals surface area contributed by atoms with Gasteiger partial charge in [0.2, 0.25) is 0 Å². The van der Waals surface area contributed by atoms with Crippen LogP contribution in [0.2, 0.25) is 0 Å². The second-order valence-electron chi connectivity index (χ2n) is 3.93. The zero-order valence-corrected chi connectivity index (χ0v) is 11.4. The zero-order chi connectivity index (χ0) is 12.1. The Bertz CT molecular complexity index is 436. The molecular formula is C13H16BrNO2. The van der Waals surface area contributed by atoms with Crippen LogP contribution in [0.1, 0.15) is 30.9 Å². The number of nitrogens with one attached hydrogen (secondary N) is 1. The molecule has 0 spiro atoms. The average molecular weight is 298 g/mol.